The molecule has 0 N–H and O–H groups in total. The molecule has 5 rings (SSSR count). The molecule has 0 spiro atoms. The van der Waals surface area contributed by atoms with Gasteiger partial charge >= 0.3 is 5.97 Å². The molecular weight excluding hydrogens is 424 g/mol. The molecule has 7 atom stereocenters. The second-order valence-corrected chi connectivity index (χ2v) is 9.88. The highest BCUT2D eigenvalue weighted by molar-refractivity contribution is 6.06. The van der Waals surface area contributed by atoms with Crippen LogP contribution in [0.1, 0.15) is 55.6 Å². The maximum absolute atomic E-state index is 14.2. The molecule has 0 aromatic heterocycles. The van der Waals surface area contributed by atoms with E-state index in [-0.39, 0.29) is 23.5 Å². The lowest BCUT2D eigenvalue weighted by Gasteiger charge is -2.52. The van der Waals surface area contributed by atoms with E-state index < -0.39 is 41.7 Å². The molecule has 1 saturated carbocycles. The minimum Gasteiger partial charge on any atom is -0.469 e. The van der Waals surface area contributed by atoms with E-state index in [9.17, 15) is 14.4 Å². The third-order valence-corrected chi connectivity index (χ3v) is 7.82. The van der Waals surface area contributed by atoms with Crippen molar-refractivity contribution in [2.75, 3.05) is 14.2 Å². The van der Waals surface area contributed by atoms with Crippen molar-refractivity contribution in [3.8, 4) is 5.75 Å². The Kier molecular flexibility index (Phi) is 5.25. The second kappa shape index (κ2) is 7.77. The monoisotopic (exact) mass is 454 g/mol. The number of carbonyl (C=O) groups excluding carboxylic acids is 3. The molecule has 4 aliphatic rings. The Balaban J connectivity index is 1.65. The normalized spacial score (nSPS) is 36.0. The van der Waals surface area contributed by atoms with Gasteiger partial charge in [0.15, 0.2) is 5.78 Å². The number of rotatable bonds is 3. The van der Waals surface area contributed by atoms with Gasteiger partial charge < -0.3 is 18.9 Å². The van der Waals surface area contributed by atoms with Crippen LogP contribution in [0.4, 0.5) is 0 Å². The number of benzene rings is 1. The molecule has 0 unspecified atom stereocenters. The molecule has 1 heterocycles. The molecule has 0 saturated heterocycles. The molecule has 1 fully saturated rings. The first-order valence-corrected chi connectivity index (χ1v) is 11.6. The van der Waals surface area contributed by atoms with Crippen LogP contribution in [0.15, 0.2) is 29.8 Å². The molecule has 0 amide bonds. The van der Waals surface area contributed by atoms with Crippen LogP contribution >= 0.6 is 0 Å². The largest absolute Gasteiger partial charge is 0.469 e. The Bertz CT molecular complexity index is 1050. The summed E-state index contributed by atoms with van der Waals surface area (Å²) in [5.74, 6) is -3.58. The van der Waals surface area contributed by atoms with Gasteiger partial charge in [-0.25, -0.2) is 0 Å². The van der Waals surface area contributed by atoms with E-state index in [1.54, 1.807) is 19.2 Å². The zero-order chi connectivity index (χ0) is 23.7. The van der Waals surface area contributed by atoms with E-state index in [1.165, 1.54) is 7.11 Å². The fraction of sp³-hybridized carbons (Fsp3) is 0.577. The predicted molar refractivity (Wildman–Crippen MR) is 118 cm³/mol. The average Bonchev–Trinajstić information content (AvgIpc) is 2.79. The highest BCUT2D eigenvalue weighted by Gasteiger charge is 2.60. The SMILES string of the molecule is CCC1=C[C@@H](OC)[C@H]2C(=O)[C@@H]3[C@@H]4OC(C)(C)Oc5cccc(c54)C(=O)[C@@H]3C[C@H]2[C@H]1C(=O)OC. The van der Waals surface area contributed by atoms with Gasteiger partial charge in [-0.3, -0.25) is 14.4 Å². The predicted octanol–water partition coefficient (Wildman–Crippen LogP) is 3.66. The van der Waals surface area contributed by atoms with Crippen molar-refractivity contribution in [3.63, 3.8) is 0 Å². The maximum Gasteiger partial charge on any atom is 0.313 e. The average molecular weight is 455 g/mol. The fourth-order valence-electron chi connectivity index (χ4n) is 6.54. The molecule has 7 heteroatoms. The zero-order valence-electron chi connectivity index (χ0n) is 19.6. The molecule has 1 aromatic carbocycles. The summed E-state index contributed by atoms with van der Waals surface area (Å²) in [6.07, 6.45) is 1.91. The first kappa shape index (κ1) is 22.3. The summed E-state index contributed by atoms with van der Waals surface area (Å²) in [6, 6.07) is 5.40. The number of ether oxygens (including phenoxy) is 4. The van der Waals surface area contributed by atoms with E-state index in [0.717, 1.165) is 5.57 Å². The lowest BCUT2D eigenvalue weighted by atomic mass is 9.54. The van der Waals surface area contributed by atoms with Crippen molar-refractivity contribution in [1.82, 2.24) is 0 Å². The van der Waals surface area contributed by atoms with Crippen molar-refractivity contribution < 1.29 is 33.3 Å². The summed E-state index contributed by atoms with van der Waals surface area (Å²) >= 11 is 0. The maximum atomic E-state index is 14.2. The number of hydrogen-bond acceptors (Lipinski definition) is 7. The fourth-order valence-corrected chi connectivity index (χ4v) is 6.54. The molecule has 176 valence electrons. The minimum absolute atomic E-state index is 0.0834. The van der Waals surface area contributed by atoms with Gasteiger partial charge in [0.2, 0.25) is 5.79 Å². The van der Waals surface area contributed by atoms with Crippen molar-refractivity contribution >= 4 is 17.5 Å². The van der Waals surface area contributed by atoms with E-state index in [2.05, 4.69) is 0 Å². The van der Waals surface area contributed by atoms with E-state index in [0.29, 0.717) is 29.7 Å². The summed E-state index contributed by atoms with van der Waals surface area (Å²) in [5, 5.41) is 0. The van der Waals surface area contributed by atoms with Crippen LogP contribution < -0.4 is 4.74 Å². The minimum atomic E-state index is -0.935. The molecule has 0 radical (unpaired) electrons. The smallest absolute Gasteiger partial charge is 0.313 e. The highest BCUT2D eigenvalue weighted by Crippen LogP contribution is 2.57. The third-order valence-electron chi connectivity index (χ3n) is 7.82. The van der Waals surface area contributed by atoms with Gasteiger partial charge in [-0.2, -0.15) is 0 Å². The first-order chi connectivity index (χ1) is 15.7. The van der Waals surface area contributed by atoms with Gasteiger partial charge in [-0.05, 0) is 24.8 Å². The molecule has 33 heavy (non-hydrogen) atoms. The molecule has 7 nitrogen and oxygen atoms in total. The van der Waals surface area contributed by atoms with Crippen LogP contribution in [-0.2, 0) is 23.8 Å². The van der Waals surface area contributed by atoms with Gasteiger partial charge in [0, 0.05) is 38.0 Å². The van der Waals surface area contributed by atoms with Crippen LogP contribution in [0.5, 0.6) is 5.75 Å². The summed E-state index contributed by atoms with van der Waals surface area (Å²) in [5.41, 5.74) is 2.10. The number of esters is 1. The number of Topliss-reactive ketones (excluding diaryl/α,β-unsaturated/α-hetero) is 2. The number of hydrogen-bond donors (Lipinski definition) is 0. The number of carbonyl (C=O) groups is 3. The molecule has 1 aliphatic heterocycles. The molecule has 0 bridgehead atoms. The Labute approximate surface area is 193 Å². The lowest BCUT2D eigenvalue weighted by Crippen LogP contribution is -2.58. The second-order valence-electron chi connectivity index (χ2n) is 9.88. The lowest BCUT2D eigenvalue weighted by molar-refractivity contribution is -0.227. The standard InChI is InChI=1S/C26H30O7/c1-6-12-10-17(30-4)19-14(18(12)25(29)31-5)11-15-21(23(19)28)24-20-13(22(15)27)8-7-9-16(20)32-26(2,3)33-24/h7-10,14-15,17-19,21,24H,6,11H2,1-5H3/t14-,15+,17+,18-,19-,21+,24+/m0/s1. The number of methoxy groups -OCH3 is 2. The number of ketones is 2. The Morgan fingerprint density at radius 2 is 1.94 bits per heavy atom. The van der Waals surface area contributed by atoms with Crippen LogP contribution in [0, 0.1) is 29.6 Å². The highest BCUT2D eigenvalue weighted by atomic mass is 16.7. The Morgan fingerprint density at radius 1 is 1.18 bits per heavy atom. The first-order valence-electron chi connectivity index (χ1n) is 11.6. The van der Waals surface area contributed by atoms with Gasteiger partial charge in [0.25, 0.3) is 0 Å². The van der Waals surface area contributed by atoms with Crippen molar-refractivity contribution in [1.29, 1.82) is 0 Å². The van der Waals surface area contributed by atoms with Crippen molar-refractivity contribution in [2.45, 2.75) is 51.6 Å². The summed E-state index contributed by atoms with van der Waals surface area (Å²) < 4.78 is 23.2. The number of fused-ring (bicyclic) bond motifs is 3. The summed E-state index contributed by atoms with van der Waals surface area (Å²) in [6.45, 7) is 5.60. The van der Waals surface area contributed by atoms with Gasteiger partial charge in [-0.15, -0.1) is 0 Å². The summed E-state index contributed by atoms with van der Waals surface area (Å²) in [7, 11) is 2.94. The molecular formula is C26H30O7. The van der Waals surface area contributed by atoms with Crippen molar-refractivity contribution in [2.24, 2.45) is 29.6 Å². The van der Waals surface area contributed by atoms with Gasteiger partial charge in [0.05, 0.1) is 31.0 Å². The molecule has 3 aliphatic carbocycles. The van der Waals surface area contributed by atoms with Crippen LogP contribution in [0.2, 0.25) is 0 Å². The van der Waals surface area contributed by atoms with E-state index in [4.69, 9.17) is 18.9 Å². The van der Waals surface area contributed by atoms with Crippen LogP contribution in [-0.4, -0.2) is 43.6 Å². The summed E-state index contributed by atoms with van der Waals surface area (Å²) in [4.78, 5) is 40.7. The molecule has 1 aromatic rings. The van der Waals surface area contributed by atoms with Gasteiger partial charge in [-0.1, -0.05) is 30.7 Å². The Morgan fingerprint density at radius 3 is 2.61 bits per heavy atom. The quantitative estimate of drug-likeness (QED) is 0.509. The zero-order valence-corrected chi connectivity index (χ0v) is 19.6. The Hall–Kier alpha value is -2.51. The van der Waals surface area contributed by atoms with Gasteiger partial charge in [0.1, 0.15) is 17.6 Å². The van der Waals surface area contributed by atoms with E-state index in [1.807, 2.05) is 32.9 Å². The van der Waals surface area contributed by atoms with Crippen molar-refractivity contribution in [3.05, 3.63) is 41.0 Å². The van der Waals surface area contributed by atoms with E-state index >= 15 is 0 Å². The third kappa shape index (κ3) is 3.20. The topological polar surface area (TPSA) is 88.1 Å². The van der Waals surface area contributed by atoms with Crippen LogP contribution in [0.25, 0.3) is 0 Å². The van der Waals surface area contributed by atoms with Crippen LogP contribution in [0.3, 0.4) is 0 Å².